The monoisotopic (exact) mass is 360 g/mol. The number of nitrogens with zero attached hydrogens (tertiary/aromatic N) is 1. The van der Waals surface area contributed by atoms with Gasteiger partial charge in [-0.25, -0.2) is 18.5 Å². The summed E-state index contributed by atoms with van der Waals surface area (Å²) >= 11 is 0. The predicted molar refractivity (Wildman–Crippen MR) is 96.8 cm³/mol. The van der Waals surface area contributed by atoms with E-state index in [1.807, 2.05) is 0 Å². The lowest BCUT2D eigenvalue weighted by Crippen LogP contribution is -2.24. The van der Waals surface area contributed by atoms with E-state index in [2.05, 4.69) is 22.2 Å². The van der Waals surface area contributed by atoms with Gasteiger partial charge in [0.2, 0.25) is 10.0 Å². The zero-order valence-corrected chi connectivity index (χ0v) is 14.4. The maximum absolute atomic E-state index is 11.7. The quantitative estimate of drug-likeness (QED) is 0.614. The van der Waals surface area contributed by atoms with E-state index in [-0.39, 0.29) is 10.8 Å². The summed E-state index contributed by atoms with van der Waals surface area (Å²) in [6.45, 7) is 4.57. The molecule has 0 bridgehead atoms. The number of carbonyl (C=O) groups excluding carboxylic acids is 1. The summed E-state index contributed by atoms with van der Waals surface area (Å²) in [6, 6.07) is 9.85. The minimum Gasteiger partial charge on any atom is -0.383 e. The molecule has 0 aliphatic rings. The lowest BCUT2D eigenvalue weighted by atomic mass is 10.1. The molecule has 0 spiro atoms. The van der Waals surface area contributed by atoms with Crippen LogP contribution in [0.1, 0.15) is 16.1 Å². The Morgan fingerprint density at radius 1 is 1.20 bits per heavy atom. The highest BCUT2D eigenvalue weighted by Gasteiger charge is 2.07. The Kier molecular flexibility index (Phi) is 6.26. The number of nitrogens with one attached hydrogen (secondary N) is 2. The fraction of sp³-hybridized carbons (Fsp3) is 0.176. The molecule has 0 saturated heterocycles. The summed E-state index contributed by atoms with van der Waals surface area (Å²) in [4.78, 5) is 15.9. The van der Waals surface area contributed by atoms with Gasteiger partial charge in [-0.15, -0.1) is 6.58 Å². The van der Waals surface area contributed by atoms with E-state index >= 15 is 0 Å². The van der Waals surface area contributed by atoms with Gasteiger partial charge < -0.3 is 10.6 Å². The van der Waals surface area contributed by atoms with Crippen LogP contribution in [0.15, 0.2) is 60.1 Å². The van der Waals surface area contributed by atoms with Crippen LogP contribution in [0.4, 0.5) is 5.69 Å². The predicted octanol–water partition coefficient (Wildman–Crippen LogP) is 1.30. The van der Waals surface area contributed by atoms with Gasteiger partial charge in [0.25, 0.3) is 5.91 Å². The second kappa shape index (κ2) is 8.41. The first-order valence-corrected chi connectivity index (χ1v) is 9.15. The van der Waals surface area contributed by atoms with Crippen LogP contribution in [0.3, 0.4) is 0 Å². The van der Waals surface area contributed by atoms with Gasteiger partial charge in [-0.3, -0.25) is 4.79 Å². The molecule has 0 atom stereocenters. The number of carbonyl (C=O) groups is 1. The number of rotatable bonds is 8. The van der Waals surface area contributed by atoms with Gasteiger partial charge in [0, 0.05) is 13.1 Å². The number of benzene rings is 1. The Labute approximate surface area is 147 Å². The summed E-state index contributed by atoms with van der Waals surface area (Å²) in [6.07, 6.45) is 3.89. The number of amides is 1. The summed E-state index contributed by atoms with van der Waals surface area (Å²) in [5.41, 5.74) is 2.11. The van der Waals surface area contributed by atoms with Crippen LogP contribution >= 0.6 is 0 Å². The van der Waals surface area contributed by atoms with Gasteiger partial charge in [-0.2, -0.15) is 0 Å². The third-order valence-electron chi connectivity index (χ3n) is 3.40. The zero-order chi connectivity index (χ0) is 18.3. The Morgan fingerprint density at radius 2 is 1.92 bits per heavy atom. The second-order valence-corrected chi connectivity index (χ2v) is 6.86. The normalized spacial score (nSPS) is 10.9. The number of aromatic nitrogens is 1. The molecule has 0 aliphatic carbocycles. The molecule has 2 aromatic rings. The van der Waals surface area contributed by atoms with E-state index in [9.17, 15) is 13.2 Å². The molecule has 1 aromatic carbocycles. The lowest BCUT2D eigenvalue weighted by molar-refractivity contribution is 0.0953. The first-order chi connectivity index (χ1) is 11.9. The standard InChI is InChI=1S/C17H20N4O3S/c1-2-10-20-17(22)16-8-5-14(12-21-16)19-11-9-13-3-6-15(7-4-13)25(18,23)24/h2-8,12,19H,1,9-11H2,(H,20,22)(H2,18,23,24). The molecular weight excluding hydrogens is 340 g/mol. The summed E-state index contributed by atoms with van der Waals surface area (Å²) in [5, 5.41) is 10.9. The van der Waals surface area contributed by atoms with Crippen molar-refractivity contribution in [1.29, 1.82) is 0 Å². The minimum atomic E-state index is -3.66. The summed E-state index contributed by atoms with van der Waals surface area (Å²) < 4.78 is 22.4. The molecule has 132 valence electrons. The van der Waals surface area contributed by atoms with Crippen LogP contribution in [-0.4, -0.2) is 32.4 Å². The molecule has 25 heavy (non-hydrogen) atoms. The number of hydrogen-bond donors (Lipinski definition) is 3. The van der Waals surface area contributed by atoms with Crippen molar-refractivity contribution in [2.75, 3.05) is 18.4 Å². The van der Waals surface area contributed by atoms with Crippen LogP contribution in [0, 0.1) is 0 Å². The Morgan fingerprint density at radius 3 is 2.48 bits per heavy atom. The van der Waals surface area contributed by atoms with Crippen LogP contribution in [-0.2, 0) is 16.4 Å². The van der Waals surface area contributed by atoms with E-state index in [0.717, 1.165) is 11.3 Å². The third kappa shape index (κ3) is 5.70. The van der Waals surface area contributed by atoms with Gasteiger partial charge in [0.15, 0.2) is 0 Å². The lowest BCUT2D eigenvalue weighted by Gasteiger charge is -2.08. The van der Waals surface area contributed by atoms with Gasteiger partial charge in [-0.1, -0.05) is 18.2 Å². The number of primary sulfonamides is 1. The van der Waals surface area contributed by atoms with E-state index in [1.165, 1.54) is 12.1 Å². The fourth-order valence-electron chi connectivity index (χ4n) is 2.09. The van der Waals surface area contributed by atoms with Crippen LogP contribution in [0.5, 0.6) is 0 Å². The molecule has 0 saturated carbocycles. The third-order valence-corrected chi connectivity index (χ3v) is 4.33. The van der Waals surface area contributed by atoms with Crippen LogP contribution in [0.25, 0.3) is 0 Å². The first-order valence-electron chi connectivity index (χ1n) is 7.61. The van der Waals surface area contributed by atoms with Gasteiger partial charge in [0.1, 0.15) is 5.69 Å². The number of hydrogen-bond acceptors (Lipinski definition) is 5. The van der Waals surface area contributed by atoms with E-state index in [4.69, 9.17) is 5.14 Å². The smallest absolute Gasteiger partial charge is 0.270 e. The summed E-state index contributed by atoms with van der Waals surface area (Å²) in [7, 11) is -3.66. The largest absolute Gasteiger partial charge is 0.383 e. The molecule has 1 heterocycles. The highest BCUT2D eigenvalue weighted by atomic mass is 32.2. The maximum Gasteiger partial charge on any atom is 0.270 e. The van der Waals surface area contributed by atoms with Crippen molar-refractivity contribution >= 4 is 21.6 Å². The van der Waals surface area contributed by atoms with Crippen molar-refractivity contribution in [1.82, 2.24) is 10.3 Å². The first kappa shape index (κ1) is 18.6. The molecule has 0 unspecified atom stereocenters. The maximum atomic E-state index is 11.7. The van der Waals surface area contributed by atoms with E-state index in [1.54, 1.807) is 36.5 Å². The molecule has 0 fully saturated rings. The van der Waals surface area contributed by atoms with Gasteiger partial charge in [-0.05, 0) is 36.2 Å². The summed E-state index contributed by atoms with van der Waals surface area (Å²) in [5.74, 6) is -0.249. The van der Waals surface area contributed by atoms with Crippen molar-refractivity contribution in [2.24, 2.45) is 5.14 Å². The van der Waals surface area contributed by atoms with Crippen molar-refractivity contribution in [3.8, 4) is 0 Å². The highest BCUT2D eigenvalue weighted by Crippen LogP contribution is 2.10. The molecule has 0 aliphatic heterocycles. The van der Waals surface area contributed by atoms with Gasteiger partial charge >= 0.3 is 0 Å². The van der Waals surface area contributed by atoms with E-state index in [0.29, 0.717) is 25.2 Å². The SMILES string of the molecule is C=CCNC(=O)c1ccc(NCCc2ccc(S(N)(=O)=O)cc2)cn1. The average molecular weight is 360 g/mol. The fourth-order valence-corrected chi connectivity index (χ4v) is 2.60. The zero-order valence-electron chi connectivity index (χ0n) is 13.6. The number of sulfonamides is 1. The molecule has 1 aromatic heterocycles. The van der Waals surface area contributed by atoms with Crippen molar-refractivity contribution in [2.45, 2.75) is 11.3 Å². The van der Waals surface area contributed by atoms with Crippen LogP contribution in [0.2, 0.25) is 0 Å². The van der Waals surface area contributed by atoms with Crippen molar-refractivity contribution in [3.63, 3.8) is 0 Å². The second-order valence-electron chi connectivity index (χ2n) is 5.30. The molecule has 4 N–H and O–H groups in total. The Bertz CT molecular complexity index is 831. The number of nitrogens with two attached hydrogens (primary N) is 1. The molecule has 7 nitrogen and oxygen atoms in total. The van der Waals surface area contributed by atoms with Crippen molar-refractivity contribution in [3.05, 3.63) is 66.5 Å². The molecular formula is C17H20N4O3S. The molecule has 8 heteroatoms. The molecule has 0 radical (unpaired) electrons. The van der Waals surface area contributed by atoms with Crippen molar-refractivity contribution < 1.29 is 13.2 Å². The van der Waals surface area contributed by atoms with Crippen LogP contribution < -0.4 is 15.8 Å². The molecule has 1 amide bonds. The average Bonchev–Trinajstić information content (AvgIpc) is 2.60. The van der Waals surface area contributed by atoms with E-state index < -0.39 is 10.0 Å². The number of anilines is 1. The topological polar surface area (TPSA) is 114 Å². The minimum absolute atomic E-state index is 0.0960. The molecule has 2 rings (SSSR count). The van der Waals surface area contributed by atoms with Gasteiger partial charge in [0.05, 0.1) is 16.8 Å². The highest BCUT2D eigenvalue weighted by molar-refractivity contribution is 7.89. The Hall–Kier alpha value is -2.71. The Balaban J connectivity index is 1.85. The number of pyridine rings is 1.